The van der Waals surface area contributed by atoms with Crippen molar-refractivity contribution >= 4 is 12.1 Å². The number of nitrogens with one attached hydrogen (secondary N) is 1. The number of alkyl carbamates (subject to hydrolysis) is 1. The molecule has 12 nitrogen and oxygen atoms in total. The maximum absolute atomic E-state index is 12.2. The van der Waals surface area contributed by atoms with Crippen LogP contribution in [0, 0.1) is 0 Å². The van der Waals surface area contributed by atoms with Crippen LogP contribution in [0.5, 0.6) is 0 Å². The van der Waals surface area contributed by atoms with Crippen LogP contribution in [-0.2, 0) is 47.4 Å². The van der Waals surface area contributed by atoms with Crippen LogP contribution in [0.1, 0.15) is 37.8 Å². The second-order valence-electron chi connectivity index (χ2n) is 11.6. The lowest BCUT2D eigenvalue weighted by Crippen LogP contribution is -2.29. The zero-order chi connectivity index (χ0) is 33.6. The molecule has 0 saturated carbocycles. The molecule has 47 heavy (non-hydrogen) atoms. The molecule has 0 aliphatic heterocycles. The number of carbonyl (C=O) groups excluding carboxylic acids is 2. The maximum Gasteiger partial charge on any atom is 0.407 e. The van der Waals surface area contributed by atoms with Gasteiger partial charge in [0.05, 0.1) is 85.9 Å². The van der Waals surface area contributed by atoms with Gasteiger partial charge in [0.15, 0.2) is 0 Å². The van der Waals surface area contributed by atoms with Crippen molar-refractivity contribution in [3.05, 3.63) is 59.7 Å². The van der Waals surface area contributed by atoms with Gasteiger partial charge >= 0.3 is 12.1 Å². The molecular weight excluding hydrogens is 610 g/mol. The molecule has 0 bridgehead atoms. The van der Waals surface area contributed by atoms with Crippen molar-refractivity contribution in [3.8, 4) is 11.1 Å². The molecule has 2 aromatic carbocycles. The number of hydrogen-bond donors (Lipinski definition) is 1. The van der Waals surface area contributed by atoms with Crippen LogP contribution < -0.4 is 5.32 Å². The highest BCUT2D eigenvalue weighted by Crippen LogP contribution is 2.44. The van der Waals surface area contributed by atoms with E-state index in [2.05, 4.69) is 29.6 Å². The smallest absolute Gasteiger partial charge is 0.407 e. The van der Waals surface area contributed by atoms with E-state index in [0.29, 0.717) is 92.4 Å². The predicted molar refractivity (Wildman–Crippen MR) is 175 cm³/mol. The fourth-order valence-corrected chi connectivity index (χ4v) is 4.72. The summed E-state index contributed by atoms with van der Waals surface area (Å²) in [5.74, 6) is -0.356. The first kappa shape index (κ1) is 38.3. The van der Waals surface area contributed by atoms with Gasteiger partial charge in [-0.1, -0.05) is 48.5 Å². The lowest BCUT2D eigenvalue weighted by atomic mass is 9.98. The first-order valence-electron chi connectivity index (χ1n) is 16.2. The molecule has 0 unspecified atom stereocenters. The molecule has 0 spiro atoms. The number of carbonyl (C=O) groups is 2. The van der Waals surface area contributed by atoms with Crippen LogP contribution >= 0.6 is 0 Å². The van der Waals surface area contributed by atoms with E-state index in [1.807, 2.05) is 45.0 Å². The van der Waals surface area contributed by atoms with Gasteiger partial charge in [0.1, 0.15) is 18.8 Å². The van der Waals surface area contributed by atoms with E-state index >= 15 is 0 Å². The standard InChI is InChI=1S/C35H51NO11/c1-35(2,3)47-33(37)27-45-25-24-44-23-22-43-21-20-42-19-18-41-17-16-40-15-14-39-13-12-36-34(38)46-26-32-30-10-6-4-8-28(30)29-9-5-7-11-31(29)32/h4-11,32H,12-27H2,1-3H3,(H,36,38). The molecule has 3 rings (SSSR count). The number of rotatable bonds is 25. The summed E-state index contributed by atoms with van der Waals surface area (Å²) in [5.41, 5.74) is 4.25. The third kappa shape index (κ3) is 16.0. The van der Waals surface area contributed by atoms with E-state index in [1.165, 1.54) is 22.3 Å². The Morgan fingerprint density at radius 2 is 1.00 bits per heavy atom. The fraction of sp³-hybridized carbons (Fsp3) is 0.600. The maximum atomic E-state index is 12.2. The number of benzene rings is 2. The summed E-state index contributed by atoms with van der Waals surface area (Å²) in [6.07, 6.45) is -0.456. The van der Waals surface area contributed by atoms with Crippen LogP contribution in [0.15, 0.2) is 48.5 Å². The summed E-state index contributed by atoms with van der Waals surface area (Å²) in [6, 6.07) is 16.5. The largest absolute Gasteiger partial charge is 0.458 e. The second kappa shape index (κ2) is 22.5. The molecule has 0 atom stereocenters. The molecule has 1 N–H and O–H groups in total. The van der Waals surface area contributed by atoms with Crippen molar-refractivity contribution < 1.29 is 52.2 Å². The quantitative estimate of drug-likeness (QED) is 0.123. The highest BCUT2D eigenvalue weighted by Gasteiger charge is 2.29. The van der Waals surface area contributed by atoms with E-state index in [1.54, 1.807) is 0 Å². The summed E-state index contributed by atoms with van der Waals surface area (Å²) in [4.78, 5) is 23.7. The predicted octanol–water partition coefficient (Wildman–Crippen LogP) is 3.98. The molecule has 2 aromatic rings. The van der Waals surface area contributed by atoms with Crippen LogP contribution in [-0.4, -0.2) is 123 Å². The SMILES string of the molecule is CC(C)(C)OC(=O)COCCOCCOCCOCCOCCOCCOCCNC(=O)OCC1c2ccccc2-c2ccccc21. The summed E-state index contributed by atoms with van der Waals surface area (Å²) < 4.78 is 48.7. The molecule has 0 aromatic heterocycles. The van der Waals surface area contributed by atoms with E-state index in [4.69, 9.17) is 42.6 Å². The Labute approximate surface area is 278 Å². The second-order valence-corrected chi connectivity index (χ2v) is 11.6. The van der Waals surface area contributed by atoms with Gasteiger partial charge in [-0.15, -0.1) is 0 Å². The molecule has 0 radical (unpaired) electrons. The number of hydrogen-bond acceptors (Lipinski definition) is 11. The molecule has 0 heterocycles. The van der Waals surface area contributed by atoms with Crippen molar-refractivity contribution in [3.63, 3.8) is 0 Å². The highest BCUT2D eigenvalue weighted by molar-refractivity contribution is 5.79. The van der Waals surface area contributed by atoms with Gasteiger partial charge in [-0.25, -0.2) is 9.59 Å². The summed E-state index contributed by atoms with van der Waals surface area (Å²) >= 11 is 0. The fourth-order valence-electron chi connectivity index (χ4n) is 4.72. The Balaban J connectivity index is 1.01. The van der Waals surface area contributed by atoms with Crippen LogP contribution in [0.4, 0.5) is 4.79 Å². The molecule has 1 aliphatic rings. The van der Waals surface area contributed by atoms with E-state index in [0.717, 1.165) is 0 Å². The van der Waals surface area contributed by atoms with Gasteiger partial charge in [0.25, 0.3) is 0 Å². The van der Waals surface area contributed by atoms with Gasteiger partial charge in [-0.2, -0.15) is 0 Å². The number of fused-ring (bicyclic) bond motifs is 3. The third-order valence-electron chi connectivity index (χ3n) is 6.73. The van der Waals surface area contributed by atoms with Crippen molar-refractivity contribution in [2.24, 2.45) is 0 Å². The van der Waals surface area contributed by atoms with Crippen molar-refractivity contribution in [1.82, 2.24) is 5.32 Å². The summed E-state index contributed by atoms with van der Waals surface area (Å²) in [5, 5.41) is 2.73. The van der Waals surface area contributed by atoms with Crippen LogP contribution in [0.3, 0.4) is 0 Å². The van der Waals surface area contributed by atoms with Gasteiger partial charge < -0.3 is 47.9 Å². The lowest BCUT2D eigenvalue weighted by molar-refractivity contribution is -0.160. The normalized spacial score (nSPS) is 12.5. The zero-order valence-corrected chi connectivity index (χ0v) is 28.0. The Hall–Kier alpha value is -3.10. The number of ether oxygens (including phenoxy) is 9. The van der Waals surface area contributed by atoms with Crippen LogP contribution in [0.2, 0.25) is 0 Å². The Bertz CT molecular complexity index is 1120. The summed E-state index contributed by atoms with van der Waals surface area (Å²) in [6.45, 7) is 11.5. The molecular formula is C35H51NO11. The van der Waals surface area contributed by atoms with E-state index in [9.17, 15) is 9.59 Å². The van der Waals surface area contributed by atoms with Gasteiger partial charge in [-0.3, -0.25) is 0 Å². The Kier molecular flexibility index (Phi) is 18.3. The highest BCUT2D eigenvalue weighted by atomic mass is 16.6. The molecule has 12 heteroatoms. The topological polar surface area (TPSA) is 129 Å². The first-order chi connectivity index (χ1) is 22.8. The molecule has 0 fully saturated rings. The molecule has 0 saturated heterocycles. The number of amides is 1. The minimum Gasteiger partial charge on any atom is -0.458 e. The average molecular weight is 662 g/mol. The Morgan fingerprint density at radius 3 is 1.45 bits per heavy atom. The van der Waals surface area contributed by atoms with Gasteiger partial charge in [0, 0.05) is 12.5 Å². The van der Waals surface area contributed by atoms with Crippen LogP contribution in [0.25, 0.3) is 11.1 Å². The zero-order valence-electron chi connectivity index (χ0n) is 28.0. The molecule has 262 valence electrons. The number of esters is 1. The lowest BCUT2D eigenvalue weighted by Gasteiger charge is -2.19. The molecule has 1 amide bonds. The molecule has 1 aliphatic carbocycles. The first-order valence-corrected chi connectivity index (χ1v) is 16.2. The van der Waals surface area contributed by atoms with Crippen molar-refractivity contribution in [1.29, 1.82) is 0 Å². The monoisotopic (exact) mass is 661 g/mol. The van der Waals surface area contributed by atoms with Gasteiger partial charge in [-0.05, 0) is 43.0 Å². The summed E-state index contributed by atoms with van der Waals surface area (Å²) in [7, 11) is 0. The average Bonchev–Trinajstić information content (AvgIpc) is 3.36. The van der Waals surface area contributed by atoms with Gasteiger partial charge in [0.2, 0.25) is 0 Å². The van der Waals surface area contributed by atoms with E-state index in [-0.39, 0.29) is 19.1 Å². The van der Waals surface area contributed by atoms with Crippen molar-refractivity contribution in [2.75, 3.05) is 106 Å². The third-order valence-corrected chi connectivity index (χ3v) is 6.73. The minimum atomic E-state index is -0.516. The minimum absolute atomic E-state index is 0.0353. The Morgan fingerprint density at radius 1 is 0.596 bits per heavy atom. The van der Waals surface area contributed by atoms with E-state index < -0.39 is 17.7 Å². The van der Waals surface area contributed by atoms with Crippen molar-refractivity contribution in [2.45, 2.75) is 32.3 Å².